The highest BCUT2D eigenvalue weighted by Crippen LogP contribution is 2.37. The first-order valence-corrected chi connectivity index (χ1v) is 18.0. The summed E-state index contributed by atoms with van der Waals surface area (Å²) in [7, 11) is -2.22. The summed E-state index contributed by atoms with van der Waals surface area (Å²) in [5.74, 6) is 0.145. The van der Waals surface area contributed by atoms with Crippen molar-refractivity contribution in [2.24, 2.45) is 0 Å². The monoisotopic (exact) mass is 696 g/mol. The highest BCUT2D eigenvalue weighted by Gasteiger charge is 2.26. The molecule has 0 fully saturated rings. The molecule has 252 valence electrons. The summed E-state index contributed by atoms with van der Waals surface area (Å²) in [6, 6.07) is 33.1. The van der Waals surface area contributed by atoms with E-state index in [0.29, 0.717) is 42.3 Å². The van der Waals surface area contributed by atoms with Crippen molar-refractivity contribution >= 4 is 38.5 Å². The van der Waals surface area contributed by atoms with E-state index < -0.39 is 16.0 Å². The quantitative estimate of drug-likeness (QED) is 0.120. The highest BCUT2D eigenvalue weighted by atomic mass is 35.5. The molecule has 0 aliphatic carbocycles. The average Bonchev–Trinajstić information content (AvgIpc) is 3.75. The van der Waals surface area contributed by atoms with Crippen molar-refractivity contribution in [3.63, 3.8) is 0 Å². The first kappa shape index (κ1) is 34.0. The van der Waals surface area contributed by atoms with E-state index in [0.717, 1.165) is 33.3 Å². The number of carbonyl (C=O) groups excluding carboxylic acids is 1. The molecule has 0 spiro atoms. The van der Waals surface area contributed by atoms with Crippen molar-refractivity contribution in [3.05, 3.63) is 155 Å². The topological polar surface area (TPSA) is 104 Å². The molecule has 4 aromatic carbocycles. The number of imidazole rings is 1. The fourth-order valence-electron chi connectivity index (χ4n) is 6.13. The highest BCUT2D eigenvalue weighted by molar-refractivity contribution is 7.89. The number of nitrogens with zero attached hydrogens (tertiary/aromatic N) is 3. The Morgan fingerprint density at radius 1 is 0.918 bits per heavy atom. The van der Waals surface area contributed by atoms with Crippen molar-refractivity contribution in [1.29, 1.82) is 0 Å². The van der Waals surface area contributed by atoms with Gasteiger partial charge in [-0.05, 0) is 59.2 Å². The van der Waals surface area contributed by atoms with Gasteiger partial charge < -0.3 is 18.6 Å². The van der Waals surface area contributed by atoms with Crippen molar-refractivity contribution in [3.8, 4) is 5.75 Å². The van der Waals surface area contributed by atoms with E-state index in [-0.39, 0.29) is 18.3 Å². The zero-order valence-corrected chi connectivity index (χ0v) is 28.6. The Labute approximate surface area is 291 Å². The van der Waals surface area contributed by atoms with Crippen molar-refractivity contribution in [1.82, 2.24) is 18.8 Å². The standard InChI is InChI=1S/C38H37ClN4O5S/c1-47-38(44)30-12-15-32(16-13-30)48-24-19-33-34-26-31(39)14-17-35(34)43(37(28-8-4-2-5-9-28)29-10-6-3-7-11-29)36(33)18-20-41-49(45,46)25-23-42-22-21-40-27-42/h2-17,21-22,26-27,37,41H,18-20,23-25H2,1H3. The summed E-state index contributed by atoms with van der Waals surface area (Å²) >= 11 is 6.61. The van der Waals surface area contributed by atoms with Gasteiger partial charge in [0.2, 0.25) is 10.0 Å². The molecule has 11 heteroatoms. The van der Waals surface area contributed by atoms with Gasteiger partial charge in [-0.1, -0.05) is 72.3 Å². The molecular formula is C38H37ClN4O5S. The Bertz CT molecular complexity index is 2060. The number of benzene rings is 4. The number of rotatable bonds is 15. The molecular weight excluding hydrogens is 660 g/mol. The van der Waals surface area contributed by atoms with Crippen LogP contribution in [0.15, 0.2) is 122 Å². The van der Waals surface area contributed by atoms with Gasteiger partial charge >= 0.3 is 5.97 Å². The van der Waals surface area contributed by atoms with E-state index in [2.05, 4.69) is 38.5 Å². The molecule has 0 saturated carbocycles. The number of fused-ring (bicyclic) bond motifs is 1. The van der Waals surface area contributed by atoms with Crippen molar-refractivity contribution in [2.45, 2.75) is 25.4 Å². The van der Waals surface area contributed by atoms with Crippen LogP contribution in [-0.2, 0) is 34.1 Å². The third-order valence-electron chi connectivity index (χ3n) is 8.43. The molecule has 0 radical (unpaired) electrons. The zero-order chi connectivity index (χ0) is 34.2. The fourth-order valence-corrected chi connectivity index (χ4v) is 7.31. The lowest BCUT2D eigenvalue weighted by atomic mass is 9.97. The SMILES string of the molecule is COC(=O)c1ccc(OCCc2c(CCNS(=O)(=O)CCn3ccnc3)n(C(c3ccccc3)c3ccccc3)c3ccc(Cl)cc23)cc1. The van der Waals surface area contributed by atoms with E-state index in [4.69, 9.17) is 21.1 Å². The van der Waals surface area contributed by atoms with E-state index in [1.807, 2.05) is 54.6 Å². The molecule has 1 N–H and O–H groups in total. The van der Waals surface area contributed by atoms with Crippen LogP contribution in [0.5, 0.6) is 5.75 Å². The molecule has 0 amide bonds. The zero-order valence-electron chi connectivity index (χ0n) is 27.0. The first-order valence-electron chi connectivity index (χ1n) is 16.0. The second kappa shape index (κ2) is 15.5. The summed E-state index contributed by atoms with van der Waals surface area (Å²) in [5.41, 5.74) is 5.62. The number of hydrogen-bond acceptors (Lipinski definition) is 6. The predicted octanol–water partition coefficient (Wildman–Crippen LogP) is 6.70. The maximum Gasteiger partial charge on any atom is 0.337 e. The molecule has 9 nitrogen and oxygen atoms in total. The number of carbonyl (C=O) groups is 1. The second-order valence-corrected chi connectivity index (χ2v) is 13.9. The maximum atomic E-state index is 13.1. The van der Waals surface area contributed by atoms with Gasteiger partial charge in [-0.3, -0.25) is 0 Å². The molecule has 2 aromatic heterocycles. The van der Waals surface area contributed by atoms with Crippen molar-refractivity contribution in [2.75, 3.05) is 26.0 Å². The molecule has 0 aliphatic rings. The number of methoxy groups -OCH3 is 1. The van der Waals surface area contributed by atoms with Crippen LogP contribution in [0.4, 0.5) is 0 Å². The number of nitrogens with one attached hydrogen (secondary N) is 1. The smallest absolute Gasteiger partial charge is 0.337 e. The van der Waals surface area contributed by atoms with Crippen LogP contribution in [-0.4, -0.2) is 54.5 Å². The lowest BCUT2D eigenvalue weighted by Crippen LogP contribution is -2.30. The molecule has 0 unspecified atom stereocenters. The van der Waals surface area contributed by atoms with Crippen LogP contribution in [0.25, 0.3) is 10.9 Å². The average molecular weight is 697 g/mol. The third-order valence-corrected chi connectivity index (χ3v) is 10.0. The number of sulfonamides is 1. The third kappa shape index (κ3) is 8.22. The number of aryl methyl sites for hydroxylation is 1. The molecule has 0 saturated heterocycles. The molecule has 2 heterocycles. The van der Waals surface area contributed by atoms with Crippen LogP contribution in [0.2, 0.25) is 5.02 Å². The van der Waals surface area contributed by atoms with E-state index >= 15 is 0 Å². The summed E-state index contributed by atoms with van der Waals surface area (Å²) < 4.78 is 44.0. The number of ether oxygens (including phenoxy) is 2. The van der Waals surface area contributed by atoms with Crippen LogP contribution in [0, 0.1) is 0 Å². The maximum absolute atomic E-state index is 13.1. The summed E-state index contributed by atoms with van der Waals surface area (Å²) in [4.78, 5) is 15.9. The number of aromatic nitrogens is 3. The van der Waals surface area contributed by atoms with E-state index in [1.165, 1.54) is 7.11 Å². The van der Waals surface area contributed by atoms with E-state index in [9.17, 15) is 13.2 Å². The second-order valence-electron chi connectivity index (χ2n) is 11.6. The van der Waals surface area contributed by atoms with Gasteiger partial charge in [-0.2, -0.15) is 0 Å². The fraction of sp³-hybridized carbons (Fsp3) is 0.211. The minimum absolute atomic E-state index is 0.0614. The molecule has 6 rings (SSSR count). The number of esters is 1. The van der Waals surface area contributed by atoms with Crippen LogP contribution < -0.4 is 9.46 Å². The van der Waals surface area contributed by atoms with Gasteiger partial charge in [0.25, 0.3) is 0 Å². The predicted molar refractivity (Wildman–Crippen MR) is 192 cm³/mol. The lowest BCUT2D eigenvalue weighted by Gasteiger charge is -2.25. The van der Waals surface area contributed by atoms with Crippen LogP contribution >= 0.6 is 11.6 Å². The molecule has 6 aromatic rings. The van der Waals surface area contributed by atoms with Gasteiger partial charge in [-0.15, -0.1) is 0 Å². The largest absolute Gasteiger partial charge is 0.493 e. The Kier molecular flexibility index (Phi) is 10.8. The van der Waals surface area contributed by atoms with Gasteiger partial charge in [0.1, 0.15) is 5.75 Å². The Morgan fingerprint density at radius 2 is 1.61 bits per heavy atom. The van der Waals surface area contributed by atoms with Crippen LogP contribution in [0.3, 0.4) is 0 Å². The molecule has 0 bridgehead atoms. The Balaban J connectivity index is 1.37. The normalized spacial score (nSPS) is 11.7. The summed E-state index contributed by atoms with van der Waals surface area (Å²) in [6.07, 6.45) is 5.93. The van der Waals surface area contributed by atoms with Gasteiger partial charge in [0.15, 0.2) is 0 Å². The summed E-state index contributed by atoms with van der Waals surface area (Å²) in [6.45, 7) is 0.852. The minimum atomic E-state index is -3.57. The van der Waals surface area contributed by atoms with E-state index in [1.54, 1.807) is 47.6 Å². The molecule has 0 atom stereocenters. The molecule has 0 aliphatic heterocycles. The Hall–Kier alpha value is -4.90. The van der Waals surface area contributed by atoms with Gasteiger partial charge in [-0.25, -0.2) is 22.9 Å². The number of halogens is 1. The molecule has 49 heavy (non-hydrogen) atoms. The lowest BCUT2D eigenvalue weighted by molar-refractivity contribution is 0.0600. The Morgan fingerprint density at radius 3 is 2.24 bits per heavy atom. The first-order chi connectivity index (χ1) is 23.8. The van der Waals surface area contributed by atoms with Crippen molar-refractivity contribution < 1.29 is 22.7 Å². The number of hydrogen-bond donors (Lipinski definition) is 1. The minimum Gasteiger partial charge on any atom is -0.493 e. The van der Waals surface area contributed by atoms with Gasteiger partial charge in [0.05, 0.1) is 37.4 Å². The summed E-state index contributed by atoms with van der Waals surface area (Å²) in [5, 5.41) is 1.58. The van der Waals surface area contributed by atoms with Crippen LogP contribution in [0.1, 0.15) is 38.8 Å². The van der Waals surface area contributed by atoms with Gasteiger partial charge in [0, 0.05) is 59.9 Å².